The molecule has 0 bridgehead atoms. The first-order valence-corrected chi connectivity index (χ1v) is 6.08. The second kappa shape index (κ2) is 5.82. The summed E-state index contributed by atoms with van der Waals surface area (Å²) in [5.74, 6) is 1.24. The van der Waals surface area contributed by atoms with Gasteiger partial charge in [0.25, 0.3) is 0 Å². The summed E-state index contributed by atoms with van der Waals surface area (Å²) in [6, 6.07) is 5.53. The number of nitrogen functional groups attached to an aromatic ring is 1. The van der Waals surface area contributed by atoms with Gasteiger partial charge in [-0.3, -0.25) is 0 Å². The van der Waals surface area contributed by atoms with E-state index in [2.05, 4.69) is 33.6 Å². The first-order chi connectivity index (χ1) is 9.27. The van der Waals surface area contributed by atoms with Crippen molar-refractivity contribution in [1.82, 2.24) is 20.0 Å². The Morgan fingerprint density at radius 2 is 2.37 bits per heavy atom. The molecule has 2 aromatic heterocycles. The van der Waals surface area contributed by atoms with Crippen molar-refractivity contribution in [3.8, 4) is 11.9 Å². The zero-order valence-electron chi connectivity index (χ0n) is 10.7. The van der Waals surface area contributed by atoms with Crippen LogP contribution in [0.15, 0.2) is 18.3 Å². The van der Waals surface area contributed by atoms with Crippen LogP contribution in [0.4, 0.5) is 11.6 Å². The van der Waals surface area contributed by atoms with Gasteiger partial charge in [0, 0.05) is 12.7 Å². The molecule has 19 heavy (non-hydrogen) atoms. The molecule has 2 rings (SSSR count). The SMILES string of the molecule is CCCCNc1nn(-c2cccnn2)c(N)c1C#N. The van der Waals surface area contributed by atoms with Gasteiger partial charge in [-0.15, -0.1) is 10.2 Å². The lowest BCUT2D eigenvalue weighted by molar-refractivity contribution is 0.805. The van der Waals surface area contributed by atoms with E-state index < -0.39 is 0 Å². The molecule has 0 aliphatic carbocycles. The summed E-state index contributed by atoms with van der Waals surface area (Å²) < 4.78 is 1.42. The highest BCUT2D eigenvalue weighted by atomic mass is 15.4. The van der Waals surface area contributed by atoms with Crippen LogP contribution in [0.2, 0.25) is 0 Å². The standard InChI is InChI=1S/C12H15N7/c1-2-3-6-15-12-9(8-13)11(14)19(18-12)10-5-4-7-16-17-10/h4-5,7H,2-3,6,14H2,1H3,(H,15,18). The van der Waals surface area contributed by atoms with Gasteiger partial charge in [0.05, 0.1) is 0 Å². The van der Waals surface area contributed by atoms with E-state index in [0.29, 0.717) is 17.2 Å². The average molecular weight is 257 g/mol. The van der Waals surface area contributed by atoms with Gasteiger partial charge >= 0.3 is 0 Å². The Bertz CT molecular complexity index is 582. The molecule has 7 heteroatoms. The van der Waals surface area contributed by atoms with Crippen LogP contribution in [0.25, 0.3) is 5.82 Å². The monoisotopic (exact) mass is 257 g/mol. The van der Waals surface area contributed by atoms with E-state index in [1.807, 2.05) is 0 Å². The summed E-state index contributed by atoms with van der Waals surface area (Å²) >= 11 is 0. The fourth-order valence-electron chi connectivity index (χ4n) is 1.63. The minimum atomic E-state index is 0.266. The van der Waals surface area contributed by atoms with E-state index in [4.69, 9.17) is 11.0 Å². The highest BCUT2D eigenvalue weighted by Gasteiger charge is 2.16. The fraction of sp³-hybridized carbons (Fsp3) is 0.333. The maximum Gasteiger partial charge on any atom is 0.178 e. The van der Waals surface area contributed by atoms with E-state index in [0.717, 1.165) is 19.4 Å². The highest BCUT2D eigenvalue weighted by Crippen LogP contribution is 2.22. The third-order valence-electron chi connectivity index (χ3n) is 2.63. The highest BCUT2D eigenvalue weighted by molar-refractivity contribution is 5.65. The largest absolute Gasteiger partial charge is 0.382 e. The molecule has 0 aromatic carbocycles. The predicted octanol–water partition coefficient (Wildman–Crippen LogP) is 1.33. The Morgan fingerprint density at radius 3 is 3.00 bits per heavy atom. The third kappa shape index (κ3) is 2.63. The molecule has 2 aromatic rings. The van der Waals surface area contributed by atoms with Crippen molar-refractivity contribution < 1.29 is 0 Å². The van der Waals surface area contributed by atoms with Crippen LogP contribution in [0.5, 0.6) is 0 Å². The van der Waals surface area contributed by atoms with E-state index in [1.54, 1.807) is 18.3 Å². The van der Waals surface area contributed by atoms with Crippen LogP contribution in [-0.2, 0) is 0 Å². The van der Waals surface area contributed by atoms with Gasteiger partial charge in [-0.1, -0.05) is 13.3 Å². The number of hydrogen-bond donors (Lipinski definition) is 2. The van der Waals surface area contributed by atoms with Crippen LogP contribution in [0, 0.1) is 11.3 Å². The molecule has 98 valence electrons. The van der Waals surface area contributed by atoms with Crippen molar-refractivity contribution in [2.75, 3.05) is 17.6 Å². The maximum absolute atomic E-state index is 9.16. The Balaban J connectivity index is 2.34. The van der Waals surface area contributed by atoms with Crippen LogP contribution in [0.1, 0.15) is 25.3 Å². The lowest BCUT2D eigenvalue weighted by atomic mass is 10.3. The molecule has 0 spiro atoms. The number of rotatable bonds is 5. The van der Waals surface area contributed by atoms with Crippen molar-refractivity contribution in [2.24, 2.45) is 0 Å². The van der Waals surface area contributed by atoms with Crippen LogP contribution >= 0.6 is 0 Å². The van der Waals surface area contributed by atoms with E-state index in [1.165, 1.54) is 4.68 Å². The molecular weight excluding hydrogens is 242 g/mol. The average Bonchev–Trinajstić information content (AvgIpc) is 2.76. The number of unbranched alkanes of at least 4 members (excludes halogenated alkanes) is 1. The van der Waals surface area contributed by atoms with Crippen molar-refractivity contribution in [1.29, 1.82) is 5.26 Å². The van der Waals surface area contributed by atoms with Crippen molar-refractivity contribution in [2.45, 2.75) is 19.8 Å². The Labute approximate surface area is 111 Å². The molecule has 2 heterocycles. The molecule has 0 atom stereocenters. The molecule has 0 fully saturated rings. The van der Waals surface area contributed by atoms with Crippen molar-refractivity contribution in [3.05, 3.63) is 23.9 Å². The quantitative estimate of drug-likeness (QED) is 0.783. The van der Waals surface area contributed by atoms with E-state index in [-0.39, 0.29) is 5.82 Å². The molecule has 0 radical (unpaired) electrons. The van der Waals surface area contributed by atoms with E-state index >= 15 is 0 Å². The number of nitriles is 1. The van der Waals surface area contributed by atoms with E-state index in [9.17, 15) is 0 Å². The summed E-state index contributed by atoms with van der Waals surface area (Å²) in [5.41, 5.74) is 6.26. The Kier molecular flexibility index (Phi) is 3.93. The lowest BCUT2D eigenvalue weighted by Crippen LogP contribution is -2.05. The molecule has 0 aliphatic heterocycles. The molecule has 0 amide bonds. The fourth-order valence-corrected chi connectivity index (χ4v) is 1.63. The van der Waals surface area contributed by atoms with Gasteiger partial charge < -0.3 is 11.1 Å². The second-order valence-corrected chi connectivity index (χ2v) is 3.99. The summed E-state index contributed by atoms with van der Waals surface area (Å²) in [5, 5.41) is 24.2. The minimum Gasteiger partial charge on any atom is -0.382 e. The zero-order valence-corrected chi connectivity index (χ0v) is 10.7. The molecule has 3 N–H and O–H groups in total. The van der Waals surface area contributed by atoms with Gasteiger partial charge in [0.1, 0.15) is 17.5 Å². The normalized spacial score (nSPS) is 10.1. The van der Waals surface area contributed by atoms with Gasteiger partial charge in [-0.05, 0) is 18.6 Å². The summed E-state index contributed by atoms with van der Waals surface area (Å²) in [4.78, 5) is 0. The smallest absolute Gasteiger partial charge is 0.178 e. The summed E-state index contributed by atoms with van der Waals surface area (Å²) in [7, 11) is 0. The molecule has 0 saturated carbocycles. The van der Waals surface area contributed by atoms with Gasteiger partial charge in [0.2, 0.25) is 0 Å². The number of nitrogens with one attached hydrogen (secondary N) is 1. The molecule has 0 saturated heterocycles. The number of hydrogen-bond acceptors (Lipinski definition) is 6. The molecule has 0 unspecified atom stereocenters. The lowest BCUT2D eigenvalue weighted by Gasteiger charge is -2.01. The first kappa shape index (κ1) is 12.8. The summed E-state index contributed by atoms with van der Waals surface area (Å²) in [6.45, 7) is 2.85. The molecular formula is C12H15N7. The Hall–Kier alpha value is -2.62. The second-order valence-electron chi connectivity index (χ2n) is 3.99. The van der Waals surface area contributed by atoms with Gasteiger partial charge in [0.15, 0.2) is 11.6 Å². The topological polar surface area (TPSA) is 105 Å². The number of anilines is 2. The number of nitrogens with zero attached hydrogens (tertiary/aromatic N) is 5. The minimum absolute atomic E-state index is 0.266. The number of aromatic nitrogens is 4. The number of nitrogens with two attached hydrogens (primary N) is 1. The van der Waals surface area contributed by atoms with Crippen LogP contribution in [-0.4, -0.2) is 26.5 Å². The van der Waals surface area contributed by atoms with Crippen molar-refractivity contribution >= 4 is 11.6 Å². The molecule has 0 aliphatic rings. The van der Waals surface area contributed by atoms with Crippen LogP contribution < -0.4 is 11.1 Å². The van der Waals surface area contributed by atoms with Crippen molar-refractivity contribution in [3.63, 3.8) is 0 Å². The van der Waals surface area contributed by atoms with Gasteiger partial charge in [-0.2, -0.15) is 15.0 Å². The maximum atomic E-state index is 9.16. The molecule has 7 nitrogen and oxygen atoms in total. The summed E-state index contributed by atoms with van der Waals surface area (Å²) in [6.07, 6.45) is 3.63. The Morgan fingerprint density at radius 1 is 1.53 bits per heavy atom. The third-order valence-corrected chi connectivity index (χ3v) is 2.63. The zero-order chi connectivity index (χ0) is 13.7. The first-order valence-electron chi connectivity index (χ1n) is 6.08. The van der Waals surface area contributed by atoms with Gasteiger partial charge in [-0.25, -0.2) is 0 Å². The predicted molar refractivity (Wildman–Crippen MR) is 71.7 cm³/mol. The van der Waals surface area contributed by atoms with Crippen LogP contribution in [0.3, 0.4) is 0 Å².